The molecular weight excluding hydrogens is 294 g/mol. The van der Waals surface area contributed by atoms with Gasteiger partial charge in [-0.05, 0) is 53.8 Å². The Hall–Kier alpha value is -1.93. The normalized spacial score (nSPS) is 25.3. The van der Waals surface area contributed by atoms with Gasteiger partial charge in [0.25, 0.3) is 0 Å². The maximum atomic E-state index is 6.19. The van der Waals surface area contributed by atoms with E-state index in [1.54, 1.807) is 7.11 Å². The molecule has 0 fully saturated rings. The maximum absolute atomic E-state index is 6.19. The van der Waals surface area contributed by atoms with E-state index in [1.165, 1.54) is 16.8 Å². The second-order valence-corrected chi connectivity index (χ2v) is 6.42. The first-order chi connectivity index (χ1) is 10.8. The minimum absolute atomic E-state index is 0.319. The van der Waals surface area contributed by atoms with Gasteiger partial charge in [-0.15, -0.1) is 0 Å². The fraction of sp³-hybridized carbons (Fsp3) is 0.263. The average Bonchev–Trinajstić information content (AvgIpc) is 3.04. The summed E-state index contributed by atoms with van der Waals surface area (Å²) in [7, 11) is 1.70. The van der Waals surface area contributed by atoms with Crippen molar-refractivity contribution in [3.63, 3.8) is 0 Å². The van der Waals surface area contributed by atoms with Crippen LogP contribution in [0.3, 0.4) is 0 Å². The standard InChI is InChI=1S/C19H18ClNO/c1-22-14-8-5-12(6-9-14)19-16-4-2-3-15(16)17-11-13(20)7-10-18(17)21-19/h2-3,5-11,15-16,19,21H,4H2,1H3. The first-order valence-corrected chi connectivity index (χ1v) is 8.00. The van der Waals surface area contributed by atoms with Gasteiger partial charge in [-0.2, -0.15) is 0 Å². The van der Waals surface area contributed by atoms with E-state index in [1.807, 2.05) is 18.2 Å². The van der Waals surface area contributed by atoms with Gasteiger partial charge in [0.2, 0.25) is 0 Å². The molecule has 1 aliphatic heterocycles. The Morgan fingerprint density at radius 3 is 2.73 bits per heavy atom. The van der Waals surface area contributed by atoms with Crippen molar-refractivity contribution in [2.45, 2.75) is 18.4 Å². The van der Waals surface area contributed by atoms with Gasteiger partial charge < -0.3 is 10.1 Å². The molecule has 2 aromatic carbocycles. The third-order valence-electron chi connectivity index (χ3n) is 4.80. The molecule has 112 valence electrons. The number of rotatable bonds is 2. The predicted molar refractivity (Wildman–Crippen MR) is 90.8 cm³/mol. The highest BCUT2D eigenvalue weighted by Gasteiger charge is 2.37. The highest BCUT2D eigenvalue weighted by atomic mass is 35.5. The monoisotopic (exact) mass is 311 g/mol. The van der Waals surface area contributed by atoms with Gasteiger partial charge in [0.05, 0.1) is 13.2 Å². The molecule has 2 nitrogen and oxygen atoms in total. The van der Waals surface area contributed by atoms with Gasteiger partial charge in [-0.1, -0.05) is 35.9 Å². The lowest BCUT2D eigenvalue weighted by Gasteiger charge is -2.37. The number of fused-ring (bicyclic) bond motifs is 3. The Balaban J connectivity index is 1.74. The Morgan fingerprint density at radius 2 is 1.95 bits per heavy atom. The number of allylic oxidation sites excluding steroid dienone is 2. The number of nitrogens with one attached hydrogen (secondary N) is 1. The van der Waals surface area contributed by atoms with Crippen LogP contribution in [0.5, 0.6) is 5.75 Å². The largest absolute Gasteiger partial charge is 0.497 e. The smallest absolute Gasteiger partial charge is 0.118 e. The minimum Gasteiger partial charge on any atom is -0.497 e. The van der Waals surface area contributed by atoms with Crippen LogP contribution in [0.1, 0.15) is 29.5 Å². The average molecular weight is 312 g/mol. The first-order valence-electron chi connectivity index (χ1n) is 7.63. The lowest BCUT2D eigenvalue weighted by molar-refractivity contribution is 0.411. The van der Waals surface area contributed by atoms with Crippen LogP contribution < -0.4 is 10.1 Å². The van der Waals surface area contributed by atoms with Gasteiger partial charge >= 0.3 is 0 Å². The molecule has 1 N–H and O–H groups in total. The van der Waals surface area contributed by atoms with Crippen LogP contribution in [0.15, 0.2) is 54.6 Å². The molecular formula is C19H18ClNO. The van der Waals surface area contributed by atoms with Crippen molar-refractivity contribution in [2.24, 2.45) is 5.92 Å². The number of hydrogen-bond acceptors (Lipinski definition) is 2. The Bertz CT molecular complexity index is 723. The summed E-state index contributed by atoms with van der Waals surface area (Å²) < 4.78 is 5.27. The van der Waals surface area contributed by atoms with Crippen LogP contribution >= 0.6 is 11.6 Å². The molecule has 2 aromatic rings. The van der Waals surface area contributed by atoms with E-state index in [-0.39, 0.29) is 0 Å². The van der Waals surface area contributed by atoms with Crippen LogP contribution in [0.4, 0.5) is 5.69 Å². The van der Waals surface area contributed by atoms with E-state index in [4.69, 9.17) is 16.3 Å². The summed E-state index contributed by atoms with van der Waals surface area (Å²) in [5.41, 5.74) is 3.81. The number of methoxy groups -OCH3 is 1. The van der Waals surface area contributed by atoms with Crippen molar-refractivity contribution in [2.75, 3.05) is 12.4 Å². The van der Waals surface area contributed by atoms with Gasteiger partial charge in [0.1, 0.15) is 5.75 Å². The molecule has 3 unspecified atom stereocenters. The Morgan fingerprint density at radius 1 is 1.14 bits per heavy atom. The molecule has 0 bridgehead atoms. The molecule has 0 amide bonds. The summed E-state index contributed by atoms with van der Waals surface area (Å²) in [6.07, 6.45) is 5.72. The second kappa shape index (κ2) is 5.36. The second-order valence-electron chi connectivity index (χ2n) is 5.98. The van der Waals surface area contributed by atoms with Gasteiger partial charge in [0, 0.05) is 16.6 Å². The number of benzene rings is 2. The molecule has 0 spiro atoms. The number of ether oxygens (including phenoxy) is 1. The number of anilines is 1. The van der Waals surface area contributed by atoms with Crippen LogP contribution in [-0.4, -0.2) is 7.11 Å². The van der Waals surface area contributed by atoms with E-state index < -0.39 is 0 Å². The summed E-state index contributed by atoms with van der Waals surface area (Å²) >= 11 is 6.19. The molecule has 1 aliphatic carbocycles. The lowest BCUT2D eigenvalue weighted by Crippen LogP contribution is -2.28. The molecule has 0 saturated heterocycles. The van der Waals surface area contributed by atoms with Crippen molar-refractivity contribution in [3.05, 3.63) is 70.8 Å². The van der Waals surface area contributed by atoms with Gasteiger partial charge in [-0.25, -0.2) is 0 Å². The molecule has 2 aliphatic rings. The summed E-state index contributed by atoms with van der Waals surface area (Å²) in [5.74, 6) is 1.88. The zero-order valence-corrected chi connectivity index (χ0v) is 13.2. The summed E-state index contributed by atoms with van der Waals surface area (Å²) in [6, 6.07) is 14.9. The minimum atomic E-state index is 0.319. The molecule has 22 heavy (non-hydrogen) atoms. The molecule has 0 radical (unpaired) electrons. The summed E-state index contributed by atoms with van der Waals surface area (Å²) in [6.45, 7) is 0. The molecule has 3 atom stereocenters. The van der Waals surface area contributed by atoms with Crippen molar-refractivity contribution in [1.29, 1.82) is 0 Å². The van der Waals surface area contributed by atoms with E-state index in [0.29, 0.717) is 17.9 Å². The summed E-state index contributed by atoms with van der Waals surface area (Å²) in [4.78, 5) is 0. The van der Waals surface area contributed by atoms with Crippen molar-refractivity contribution >= 4 is 17.3 Å². The van der Waals surface area contributed by atoms with Crippen LogP contribution in [0, 0.1) is 5.92 Å². The quantitative estimate of drug-likeness (QED) is 0.772. The predicted octanol–water partition coefficient (Wildman–Crippen LogP) is 5.18. The van der Waals surface area contributed by atoms with Crippen LogP contribution in [0.2, 0.25) is 5.02 Å². The lowest BCUT2D eigenvalue weighted by atomic mass is 9.77. The van der Waals surface area contributed by atoms with E-state index >= 15 is 0 Å². The van der Waals surface area contributed by atoms with Crippen molar-refractivity contribution in [1.82, 2.24) is 0 Å². The molecule has 0 saturated carbocycles. The zero-order valence-electron chi connectivity index (χ0n) is 12.4. The third kappa shape index (κ3) is 2.19. The number of halogens is 1. The highest BCUT2D eigenvalue weighted by molar-refractivity contribution is 6.30. The topological polar surface area (TPSA) is 21.3 Å². The Kier molecular flexibility index (Phi) is 3.34. The fourth-order valence-electron chi connectivity index (χ4n) is 3.71. The van der Waals surface area contributed by atoms with E-state index in [9.17, 15) is 0 Å². The molecule has 4 rings (SSSR count). The van der Waals surface area contributed by atoms with Crippen LogP contribution in [-0.2, 0) is 0 Å². The molecule has 3 heteroatoms. The van der Waals surface area contributed by atoms with E-state index in [0.717, 1.165) is 17.2 Å². The fourth-order valence-corrected chi connectivity index (χ4v) is 3.89. The van der Waals surface area contributed by atoms with Crippen molar-refractivity contribution < 1.29 is 4.74 Å². The van der Waals surface area contributed by atoms with Gasteiger partial charge in [-0.3, -0.25) is 0 Å². The first kappa shape index (κ1) is 13.7. The highest BCUT2D eigenvalue weighted by Crippen LogP contribution is 2.50. The zero-order chi connectivity index (χ0) is 15.1. The van der Waals surface area contributed by atoms with E-state index in [2.05, 4.69) is 41.7 Å². The van der Waals surface area contributed by atoms with Gasteiger partial charge in [0.15, 0.2) is 0 Å². The summed E-state index contributed by atoms with van der Waals surface area (Å²) in [5, 5.41) is 4.52. The Labute approximate surface area is 135 Å². The molecule has 0 aromatic heterocycles. The molecule has 1 heterocycles. The number of hydrogen-bond donors (Lipinski definition) is 1. The third-order valence-corrected chi connectivity index (χ3v) is 5.03. The SMILES string of the molecule is COc1ccc(C2Nc3ccc(Cl)cc3C3C=CCC32)cc1. The van der Waals surface area contributed by atoms with Crippen LogP contribution in [0.25, 0.3) is 0 Å². The maximum Gasteiger partial charge on any atom is 0.118 e. The van der Waals surface area contributed by atoms with Crippen molar-refractivity contribution in [3.8, 4) is 5.75 Å².